The molecule has 0 saturated heterocycles. The molecule has 0 fully saturated rings. The zero-order valence-corrected chi connectivity index (χ0v) is 14.9. The number of benzene rings is 2. The van der Waals surface area contributed by atoms with Gasteiger partial charge in [-0.25, -0.2) is 4.98 Å². The maximum atomic E-state index is 4.80. The van der Waals surface area contributed by atoms with Gasteiger partial charge in [0.2, 0.25) is 0 Å². The molecule has 0 spiro atoms. The first-order valence-electron chi connectivity index (χ1n) is 9.04. The molecule has 0 amide bonds. The van der Waals surface area contributed by atoms with Crippen LogP contribution in [0.15, 0.2) is 60.8 Å². The third-order valence-corrected chi connectivity index (χ3v) is 4.88. The number of rotatable bonds is 3. The van der Waals surface area contributed by atoms with Crippen molar-refractivity contribution in [2.45, 2.75) is 20.3 Å². The van der Waals surface area contributed by atoms with Crippen LogP contribution in [0.4, 0.5) is 0 Å². The van der Waals surface area contributed by atoms with Crippen molar-refractivity contribution in [3.8, 4) is 5.82 Å². The molecule has 1 N–H and O–H groups in total. The average molecular weight is 340 g/mol. The minimum Gasteiger partial charge on any atom is -0.280 e. The number of nitrogens with zero attached hydrogens (tertiary/aromatic N) is 3. The molecule has 128 valence electrons. The largest absolute Gasteiger partial charge is 0.280 e. The summed E-state index contributed by atoms with van der Waals surface area (Å²) in [5, 5.41) is 12.6. The van der Waals surface area contributed by atoms with Crippen LogP contribution in [0.1, 0.15) is 19.5 Å². The number of hydrogen-bond donors (Lipinski definition) is 1. The van der Waals surface area contributed by atoms with Crippen molar-refractivity contribution in [3.05, 3.63) is 66.5 Å². The Morgan fingerprint density at radius 1 is 1.00 bits per heavy atom. The molecular weight excluding hydrogens is 320 g/mol. The molecule has 0 aliphatic rings. The summed E-state index contributed by atoms with van der Waals surface area (Å²) in [5.41, 5.74) is 3.24. The van der Waals surface area contributed by atoms with Gasteiger partial charge in [-0.1, -0.05) is 56.3 Å². The van der Waals surface area contributed by atoms with Crippen molar-refractivity contribution in [1.82, 2.24) is 19.7 Å². The summed E-state index contributed by atoms with van der Waals surface area (Å²) in [7, 11) is 0. The van der Waals surface area contributed by atoms with E-state index in [-0.39, 0.29) is 0 Å². The molecular formula is C22H20N4. The lowest BCUT2D eigenvalue weighted by atomic mass is 10.1. The smallest absolute Gasteiger partial charge is 0.160 e. The normalized spacial score (nSPS) is 12.0. The van der Waals surface area contributed by atoms with Crippen LogP contribution in [0.25, 0.3) is 38.5 Å². The molecule has 5 rings (SSSR count). The number of aromatic amines is 1. The number of para-hydroxylation sites is 1. The van der Waals surface area contributed by atoms with Crippen molar-refractivity contribution in [3.63, 3.8) is 0 Å². The number of hydrogen-bond acceptors (Lipinski definition) is 2. The van der Waals surface area contributed by atoms with Gasteiger partial charge in [0.1, 0.15) is 5.65 Å². The predicted octanol–water partition coefficient (Wildman–Crippen LogP) is 5.25. The van der Waals surface area contributed by atoms with E-state index in [9.17, 15) is 0 Å². The Balaban J connectivity index is 1.87. The molecule has 2 aromatic carbocycles. The van der Waals surface area contributed by atoms with Crippen molar-refractivity contribution >= 4 is 32.7 Å². The Morgan fingerprint density at radius 2 is 1.77 bits per heavy atom. The van der Waals surface area contributed by atoms with E-state index < -0.39 is 0 Å². The summed E-state index contributed by atoms with van der Waals surface area (Å²) >= 11 is 0. The maximum absolute atomic E-state index is 4.80. The standard InChI is InChI=1S/C22H20N4/c1-14(2)11-16-12-20(25-24-16)26-19-10-6-5-9-18(19)21-17-8-4-3-7-15(17)13-23-22(21)26/h3-10,12-14H,11H2,1-2H3,(H,24,25). The number of H-pyrrole nitrogens is 1. The highest BCUT2D eigenvalue weighted by Crippen LogP contribution is 2.34. The van der Waals surface area contributed by atoms with Gasteiger partial charge in [0.05, 0.1) is 5.52 Å². The minimum absolute atomic E-state index is 0.587. The fourth-order valence-corrected chi connectivity index (χ4v) is 3.82. The molecule has 5 aromatic rings. The Labute approximate surface area is 151 Å². The Morgan fingerprint density at radius 3 is 2.62 bits per heavy atom. The van der Waals surface area contributed by atoms with Crippen LogP contribution in [0.3, 0.4) is 0 Å². The molecule has 3 aromatic heterocycles. The van der Waals surface area contributed by atoms with Crippen LogP contribution < -0.4 is 0 Å². The highest BCUT2D eigenvalue weighted by atomic mass is 15.2. The number of aromatic nitrogens is 4. The summed E-state index contributed by atoms with van der Waals surface area (Å²) in [6.45, 7) is 4.43. The number of nitrogens with one attached hydrogen (secondary N) is 1. The highest BCUT2D eigenvalue weighted by molar-refractivity contribution is 6.19. The van der Waals surface area contributed by atoms with Gasteiger partial charge in [0, 0.05) is 34.1 Å². The van der Waals surface area contributed by atoms with Crippen molar-refractivity contribution in [2.24, 2.45) is 5.92 Å². The van der Waals surface area contributed by atoms with Gasteiger partial charge in [0.15, 0.2) is 5.82 Å². The lowest BCUT2D eigenvalue weighted by Crippen LogP contribution is -1.96. The van der Waals surface area contributed by atoms with Gasteiger partial charge in [-0.2, -0.15) is 5.10 Å². The molecule has 4 heteroatoms. The Hall–Kier alpha value is -3.14. The second kappa shape index (κ2) is 5.70. The quantitative estimate of drug-likeness (QED) is 0.487. The van der Waals surface area contributed by atoms with Gasteiger partial charge in [0.25, 0.3) is 0 Å². The van der Waals surface area contributed by atoms with E-state index in [0.29, 0.717) is 5.92 Å². The van der Waals surface area contributed by atoms with Gasteiger partial charge in [-0.05, 0) is 23.8 Å². The van der Waals surface area contributed by atoms with E-state index in [2.05, 4.69) is 83.2 Å². The Bertz CT molecular complexity index is 1240. The summed E-state index contributed by atoms with van der Waals surface area (Å²) in [6, 6.07) is 19.0. The monoisotopic (exact) mass is 340 g/mol. The Kier molecular flexibility index (Phi) is 3.32. The topological polar surface area (TPSA) is 46.5 Å². The maximum Gasteiger partial charge on any atom is 0.160 e. The average Bonchev–Trinajstić information content (AvgIpc) is 3.23. The molecule has 0 aliphatic carbocycles. The number of pyridine rings is 1. The van der Waals surface area contributed by atoms with E-state index in [1.54, 1.807) is 0 Å². The highest BCUT2D eigenvalue weighted by Gasteiger charge is 2.17. The molecule has 0 atom stereocenters. The van der Waals surface area contributed by atoms with Crippen LogP contribution in [0, 0.1) is 5.92 Å². The molecule has 0 unspecified atom stereocenters. The predicted molar refractivity (Wildman–Crippen MR) is 107 cm³/mol. The molecule has 0 bridgehead atoms. The van der Waals surface area contributed by atoms with E-state index in [1.807, 2.05) is 6.20 Å². The summed E-state index contributed by atoms with van der Waals surface area (Å²) in [4.78, 5) is 4.80. The lowest BCUT2D eigenvalue weighted by molar-refractivity contribution is 0.633. The van der Waals surface area contributed by atoms with Crippen LogP contribution in [0.5, 0.6) is 0 Å². The second-order valence-corrected chi connectivity index (χ2v) is 7.25. The zero-order chi connectivity index (χ0) is 17.7. The third-order valence-electron chi connectivity index (χ3n) is 4.88. The van der Waals surface area contributed by atoms with Gasteiger partial charge in [-0.15, -0.1) is 0 Å². The van der Waals surface area contributed by atoms with E-state index in [1.165, 1.54) is 16.2 Å². The minimum atomic E-state index is 0.587. The van der Waals surface area contributed by atoms with Crippen molar-refractivity contribution in [1.29, 1.82) is 0 Å². The van der Waals surface area contributed by atoms with Crippen LogP contribution in [-0.4, -0.2) is 19.7 Å². The van der Waals surface area contributed by atoms with Crippen LogP contribution in [0.2, 0.25) is 0 Å². The zero-order valence-electron chi connectivity index (χ0n) is 14.9. The van der Waals surface area contributed by atoms with Gasteiger partial charge in [-0.3, -0.25) is 9.67 Å². The van der Waals surface area contributed by atoms with Crippen LogP contribution >= 0.6 is 0 Å². The fraction of sp³-hybridized carbons (Fsp3) is 0.182. The van der Waals surface area contributed by atoms with Crippen LogP contribution in [-0.2, 0) is 6.42 Å². The van der Waals surface area contributed by atoms with E-state index in [0.717, 1.165) is 34.5 Å². The van der Waals surface area contributed by atoms with Gasteiger partial charge >= 0.3 is 0 Å². The summed E-state index contributed by atoms with van der Waals surface area (Å²) in [6.07, 6.45) is 2.94. The van der Waals surface area contributed by atoms with Crippen molar-refractivity contribution < 1.29 is 0 Å². The second-order valence-electron chi connectivity index (χ2n) is 7.25. The SMILES string of the molecule is CC(C)Cc1cc(-n2c3ccccc3c3c4ccccc4cnc32)n[nH]1. The lowest BCUT2D eigenvalue weighted by Gasteiger charge is -2.03. The molecule has 0 radical (unpaired) electrons. The summed E-state index contributed by atoms with van der Waals surface area (Å²) in [5.74, 6) is 1.48. The van der Waals surface area contributed by atoms with E-state index in [4.69, 9.17) is 4.98 Å². The molecule has 26 heavy (non-hydrogen) atoms. The molecule has 3 heterocycles. The first-order valence-corrected chi connectivity index (χ1v) is 9.04. The first-order chi connectivity index (χ1) is 12.7. The first kappa shape index (κ1) is 15.1. The fourth-order valence-electron chi connectivity index (χ4n) is 3.82. The summed E-state index contributed by atoms with van der Waals surface area (Å²) < 4.78 is 2.16. The third kappa shape index (κ3) is 2.22. The van der Waals surface area contributed by atoms with E-state index >= 15 is 0 Å². The van der Waals surface area contributed by atoms with Gasteiger partial charge < -0.3 is 0 Å². The van der Waals surface area contributed by atoms with Crippen molar-refractivity contribution in [2.75, 3.05) is 0 Å². The molecule has 0 aliphatic heterocycles. The number of fused-ring (bicyclic) bond motifs is 5. The molecule has 4 nitrogen and oxygen atoms in total. The molecule has 0 saturated carbocycles.